The van der Waals surface area contributed by atoms with Crippen LogP contribution in [0, 0.1) is 0 Å². The molecule has 0 saturated carbocycles. The fourth-order valence-corrected chi connectivity index (χ4v) is 3.91. The molecule has 0 aliphatic rings. The van der Waals surface area contributed by atoms with Crippen LogP contribution in [0.25, 0.3) is 21.5 Å². The number of benzene rings is 2. The Bertz CT molecular complexity index is 1150. The number of hydrogen-bond donors (Lipinski definition) is 2. The summed E-state index contributed by atoms with van der Waals surface area (Å²) in [5, 5.41) is 4.98. The lowest BCUT2D eigenvalue weighted by Crippen LogP contribution is -1.97. The molecule has 0 aliphatic carbocycles. The molecule has 0 fully saturated rings. The van der Waals surface area contributed by atoms with Gasteiger partial charge in [-0.1, -0.05) is 35.6 Å². The molecule has 29 heavy (non-hydrogen) atoms. The summed E-state index contributed by atoms with van der Waals surface area (Å²) in [6.45, 7) is 0. The van der Waals surface area contributed by atoms with E-state index in [2.05, 4.69) is 10.3 Å². The molecule has 0 saturated heterocycles. The van der Waals surface area contributed by atoms with Crippen LogP contribution in [0.5, 0.6) is 17.2 Å². The van der Waals surface area contributed by atoms with Crippen LogP contribution in [-0.4, -0.2) is 31.3 Å². The largest absolute Gasteiger partial charge is 0.493 e. The second-order valence-electron chi connectivity index (χ2n) is 6.16. The lowest BCUT2D eigenvalue weighted by Gasteiger charge is -2.14. The monoisotopic (exact) mass is 408 g/mol. The van der Waals surface area contributed by atoms with Gasteiger partial charge < -0.3 is 25.3 Å². The zero-order valence-electron chi connectivity index (χ0n) is 16.2. The topological polar surface area (TPSA) is 91.5 Å². The number of aromatic nitrogens is 2. The molecule has 0 atom stereocenters. The summed E-state index contributed by atoms with van der Waals surface area (Å²) in [7, 11) is 4.72. The van der Waals surface area contributed by atoms with E-state index in [1.165, 1.54) is 11.3 Å². The van der Waals surface area contributed by atoms with Crippen LogP contribution in [0.1, 0.15) is 0 Å². The maximum absolute atomic E-state index is 6.18. The van der Waals surface area contributed by atoms with E-state index in [1.54, 1.807) is 21.3 Å². The average molecular weight is 408 g/mol. The van der Waals surface area contributed by atoms with Crippen LogP contribution in [0.2, 0.25) is 0 Å². The van der Waals surface area contributed by atoms with E-state index in [1.807, 2.05) is 48.5 Å². The molecule has 2 aromatic carbocycles. The number of nitrogens with two attached hydrogens (primary N) is 1. The van der Waals surface area contributed by atoms with Gasteiger partial charge in [-0.05, 0) is 12.1 Å². The van der Waals surface area contributed by atoms with E-state index in [4.69, 9.17) is 24.9 Å². The number of ether oxygens (including phenoxy) is 3. The number of fused-ring (bicyclic) bond motifs is 1. The Morgan fingerprint density at radius 1 is 0.897 bits per heavy atom. The van der Waals surface area contributed by atoms with Crippen LogP contribution < -0.4 is 25.3 Å². The predicted octanol–water partition coefficient (Wildman–Crippen LogP) is 4.71. The molecule has 8 heteroatoms. The normalized spacial score (nSPS) is 10.7. The van der Waals surface area contributed by atoms with Crippen LogP contribution in [0.15, 0.2) is 48.5 Å². The Hall–Kier alpha value is -3.52. The maximum atomic E-state index is 6.18. The van der Waals surface area contributed by atoms with Gasteiger partial charge in [0.25, 0.3) is 0 Å². The van der Waals surface area contributed by atoms with E-state index in [0.717, 1.165) is 27.2 Å². The summed E-state index contributed by atoms with van der Waals surface area (Å²) >= 11 is 1.43. The fraction of sp³-hybridized carbons (Fsp3) is 0.143. The van der Waals surface area contributed by atoms with Gasteiger partial charge in [-0.25, -0.2) is 9.97 Å². The number of hydrogen-bond acceptors (Lipinski definition) is 8. The fourth-order valence-electron chi connectivity index (χ4n) is 3.04. The lowest BCUT2D eigenvalue weighted by molar-refractivity contribution is 0.324. The number of pyridine rings is 1. The summed E-state index contributed by atoms with van der Waals surface area (Å²) in [5.74, 6) is 2.05. The smallest absolute Gasteiger partial charge is 0.203 e. The standard InChI is InChI=1S/C21H20N4O3S/c1-26-16-10-13(11-17(27-2)18(16)28-3)23-21-25-20(22)19(29-21)15-9-8-12-6-4-5-7-14(12)24-15/h4-11H,22H2,1-3H3,(H,23,25). The maximum Gasteiger partial charge on any atom is 0.203 e. The molecule has 0 unspecified atom stereocenters. The highest BCUT2D eigenvalue weighted by Crippen LogP contribution is 2.42. The van der Waals surface area contributed by atoms with Crippen molar-refractivity contribution in [1.82, 2.24) is 9.97 Å². The molecular formula is C21H20N4O3S. The van der Waals surface area contributed by atoms with E-state index < -0.39 is 0 Å². The van der Waals surface area contributed by atoms with Crippen molar-refractivity contribution in [1.29, 1.82) is 0 Å². The number of nitrogens with one attached hydrogen (secondary N) is 1. The van der Waals surface area contributed by atoms with Crippen LogP contribution in [0.4, 0.5) is 16.6 Å². The third kappa shape index (κ3) is 3.62. The summed E-state index contributed by atoms with van der Waals surface area (Å²) in [5.41, 5.74) is 8.62. The molecule has 0 radical (unpaired) electrons. The second kappa shape index (κ2) is 7.84. The molecule has 0 bridgehead atoms. The van der Waals surface area contributed by atoms with Crippen molar-refractivity contribution in [3.63, 3.8) is 0 Å². The van der Waals surface area contributed by atoms with Gasteiger partial charge in [-0.3, -0.25) is 0 Å². The van der Waals surface area contributed by atoms with Gasteiger partial charge in [0.15, 0.2) is 16.6 Å². The first-order chi connectivity index (χ1) is 14.1. The van der Waals surface area contributed by atoms with Crippen LogP contribution in [-0.2, 0) is 0 Å². The number of anilines is 3. The highest BCUT2D eigenvalue weighted by atomic mass is 32.1. The highest BCUT2D eigenvalue weighted by molar-refractivity contribution is 7.19. The molecule has 3 N–H and O–H groups in total. The highest BCUT2D eigenvalue weighted by Gasteiger charge is 2.16. The van der Waals surface area contributed by atoms with Crippen LogP contribution >= 0.6 is 11.3 Å². The molecule has 2 aromatic heterocycles. The molecule has 0 spiro atoms. The van der Waals surface area contributed by atoms with Crippen molar-refractivity contribution < 1.29 is 14.2 Å². The molecule has 0 amide bonds. The van der Waals surface area contributed by atoms with Crippen LogP contribution in [0.3, 0.4) is 0 Å². The van der Waals surface area contributed by atoms with Gasteiger partial charge in [0, 0.05) is 23.2 Å². The molecule has 2 heterocycles. The first-order valence-electron chi connectivity index (χ1n) is 8.82. The number of rotatable bonds is 6. The molecule has 7 nitrogen and oxygen atoms in total. The Balaban J connectivity index is 1.67. The number of para-hydroxylation sites is 1. The van der Waals surface area contributed by atoms with Gasteiger partial charge >= 0.3 is 0 Å². The van der Waals surface area contributed by atoms with E-state index in [0.29, 0.717) is 28.2 Å². The summed E-state index contributed by atoms with van der Waals surface area (Å²) in [6, 6.07) is 15.6. The van der Waals surface area contributed by atoms with Gasteiger partial charge in [-0.15, -0.1) is 0 Å². The van der Waals surface area contributed by atoms with Crippen molar-refractivity contribution in [2.75, 3.05) is 32.4 Å². The molecule has 148 valence electrons. The van der Waals surface area contributed by atoms with Gasteiger partial charge in [-0.2, -0.15) is 0 Å². The Kier molecular flexibility index (Phi) is 5.09. The van der Waals surface area contributed by atoms with Crippen molar-refractivity contribution in [2.45, 2.75) is 0 Å². The van der Waals surface area contributed by atoms with Crippen molar-refractivity contribution in [3.8, 4) is 27.8 Å². The molecular weight excluding hydrogens is 388 g/mol. The van der Waals surface area contributed by atoms with Crippen molar-refractivity contribution in [3.05, 3.63) is 48.5 Å². The third-order valence-electron chi connectivity index (χ3n) is 4.40. The Morgan fingerprint density at radius 3 is 2.31 bits per heavy atom. The minimum Gasteiger partial charge on any atom is -0.493 e. The number of nitrogens with zero attached hydrogens (tertiary/aromatic N) is 2. The van der Waals surface area contributed by atoms with E-state index in [9.17, 15) is 0 Å². The van der Waals surface area contributed by atoms with Gasteiger partial charge in [0.1, 0.15) is 5.82 Å². The third-order valence-corrected chi connectivity index (χ3v) is 5.41. The first-order valence-corrected chi connectivity index (χ1v) is 9.64. The lowest BCUT2D eigenvalue weighted by atomic mass is 10.2. The Labute approximate surface area is 172 Å². The molecule has 0 aliphatic heterocycles. The van der Waals surface area contributed by atoms with Crippen molar-refractivity contribution in [2.24, 2.45) is 0 Å². The van der Waals surface area contributed by atoms with E-state index in [-0.39, 0.29) is 0 Å². The summed E-state index contributed by atoms with van der Waals surface area (Å²) < 4.78 is 16.2. The SMILES string of the molecule is COc1cc(Nc2nc(N)c(-c3ccc4ccccc4n3)s2)cc(OC)c1OC. The minimum atomic E-state index is 0.424. The molecule has 4 aromatic rings. The first kappa shape index (κ1) is 18.8. The second-order valence-corrected chi connectivity index (χ2v) is 7.16. The number of thiazole rings is 1. The van der Waals surface area contributed by atoms with Gasteiger partial charge in [0.05, 0.1) is 37.4 Å². The molecule has 4 rings (SSSR count). The quantitative estimate of drug-likeness (QED) is 0.477. The predicted molar refractivity (Wildman–Crippen MR) is 117 cm³/mol. The summed E-state index contributed by atoms with van der Waals surface area (Å²) in [4.78, 5) is 9.97. The minimum absolute atomic E-state index is 0.424. The zero-order valence-corrected chi connectivity index (χ0v) is 17.0. The number of methoxy groups -OCH3 is 3. The number of nitrogen functional groups attached to an aromatic ring is 1. The summed E-state index contributed by atoms with van der Waals surface area (Å²) in [6.07, 6.45) is 0. The van der Waals surface area contributed by atoms with Crippen molar-refractivity contribution >= 4 is 38.9 Å². The average Bonchev–Trinajstić information content (AvgIpc) is 3.12. The Morgan fingerprint density at radius 2 is 1.62 bits per heavy atom. The van der Waals surface area contributed by atoms with E-state index >= 15 is 0 Å². The zero-order chi connectivity index (χ0) is 20.4. The van der Waals surface area contributed by atoms with Gasteiger partial charge in [0.2, 0.25) is 5.75 Å².